The van der Waals surface area contributed by atoms with Gasteiger partial charge in [-0.05, 0) is 135 Å². The molecule has 2 N–H and O–H groups in total. The summed E-state index contributed by atoms with van der Waals surface area (Å²) in [7, 11) is 0. The zero-order chi connectivity index (χ0) is 37.0. The fourth-order valence-corrected chi connectivity index (χ4v) is 10.6. The van der Waals surface area contributed by atoms with E-state index in [9.17, 15) is 10.2 Å². The van der Waals surface area contributed by atoms with Crippen LogP contribution >= 0.6 is 0 Å². The monoisotopic (exact) mass is 734 g/mol. The Balaban J connectivity index is 0.758. The van der Waals surface area contributed by atoms with E-state index in [0.29, 0.717) is 13.2 Å². The van der Waals surface area contributed by atoms with Crippen molar-refractivity contribution >= 4 is 21.8 Å². The van der Waals surface area contributed by atoms with E-state index < -0.39 is 12.2 Å². The molecule has 2 aromatic carbocycles. The molecule has 4 bridgehead atoms. The van der Waals surface area contributed by atoms with Crippen LogP contribution < -0.4 is 9.47 Å². The van der Waals surface area contributed by atoms with E-state index in [1.807, 2.05) is 48.8 Å². The highest BCUT2D eigenvalue weighted by atomic mass is 16.5. The second-order valence-electron chi connectivity index (χ2n) is 16.9. The van der Waals surface area contributed by atoms with Crippen LogP contribution in [0.4, 0.5) is 0 Å². The van der Waals surface area contributed by atoms with E-state index >= 15 is 0 Å². The average molecular weight is 735 g/mol. The SMILES string of the molecule is CC[C@@H]1CN2CC[C@@H]1C[C@@H]2C(O)c1ccnc2ccc(OCCCCCCCCOc3ccc4nccc(C(O)[C@@H]5C[C@@H]6CCN5C[C@@H]6CC)c4c3)cc12. The van der Waals surface area contributed by atoms with E-state index in [2.05, 4.69) is 45.7 Å². The Bertz CT molecular complexity index is 1720. The van der Waals surface area contributed by atoms with Crippen molar-refractivity contribution in [2.45, 2.75) is 115 Å². The zero-order valence-corrected chi connectivity index (χ0v) is 32.6. The van der Waals surface area contributed by atoms with Gasteiger partial charge in [0.2, 0.25) is 0 Å². The number of hydrogen-bond donors (Lipinski definition) is 2. The first-order valence-electron chi connectivity index (χ1n) is 21.4. The van der Waals surface area contributed by atoms with Crippen molar-refractivity contribution in [3.63, 3.8) is 0 Å². The highest BCUT2D eigenvalue weighted by molar-refractivity contribution is 5.84. The van der Waals surface area contributed by atoms with Crippen molar-refractivity contribution in [1.29, 1.82) is 0 Å². The summed E-state index contributed by atoms with van der Waals surface area (Å²) < 4.78 is 12.4. The maximum Gasteiger partial charge on any atom is 0.120 e. The number of pyridine rings is 2. The predicted octanol–water partition coefficient (Wildman–Crippen LogP) is 8.89. The van der Waals surface area contributed by atoms with Gasteiger partial charge >= 0.3 is 0 Å². The summed E-state index contributed by atoms with van der Waals surface area (Å²) in [5.41, 5.74) is 3.78. The van der Waals surface area contributed by atoms with Gasteiger partial charge in [-0.25, -0.2) is 0 Å². The van der Waals surface area contributed by atoms with Crippen LogP contribution in [0, 0.1) is 23.7 Å². The Morgan fingerprint density at radius 1 is 0.630 bits per heavy atom. The second-order valence-corrected chi connectivity index (χ2v) is 16.9. The summed E-state index contributed by atoms with van der Waals surface area (Å²) in [5, 5.41) is 25.3. The molecular weight excluding hydrogens is 673 g/mol. The van der Waals surface area contributed by atoms with Gasteiger partial charge in [0.1, 0.15) is 11.5 Å². The number of aliphatic hydroxyl groups is 2. The van der Waals surface area contributed by atoms with Crippen LogP contribution in [0.25, 0.3) is 21.8 Å². The summed E-state index contributed by atoms with van der Waals surface area (Å²) in [6.45, 7) is 10.4. The third-order valence-electron chi connectivity index (χ3n) is 13.9. The normalized spacial score (nSPS) is 28.7. The Morgan fingerprint density at radius 3 is 1.48 bits per heavy atom. The lowest BCUT2D eigenvalue weighted by atomic mass is 9.72. The minimum Gasteiger partial charge on any atom is -0.494 e. The zero-order valence-electron chi connectivity index (χ0n) is 32.6. The van der Waals surface area contributed by atoms with Crippen LogP contribution in [-0.2, 0) is 0 Å². The highest BCUT2D eigenvalue weighted by Gasteiger charge is 2.44. The Kier molecular flexibility index (Phi) is 12.0. The maximum absolute atomic E-state index is 11.6. The largest absolute Gasteiger partial charge is 0.494 e. The smallest absolute Gasteiger partial charge is 0.120 e. The summed E-state index contributed by atoms with van der Waals surface area (Å²) >= 11 is 0. The van der Waals surface area contributed by atoms with Gasteiger partial charge in [0.05, 0.1) is 36.5 Å². The molecule has 6 fully saturated rings. The average Bonchev–Trinajstić information content (AvgIpc) is 3.23. The number of aliphatic hydroxyl groups excluding tert-OH is 2. The molecule has 54 heavy (non-hydrogen) atoms. The van der Waals surface area contributed by atoms with Gasteiger partial charge in [-0.1, -0.05) is 52.4 Å². The van der Waals surface area contributed by atoms with E-state index in [-0.39, 0.29) is 12.1 Å². The van der Waals surface area contributed by atoms with E-state index in [1.165, 1.54) is 38.5 Å². The number of fused-ring (bicyclic) bond motifs is 8. The predicted molar refractivity (Wildman–Crippen MR) is 216 cm³/mol. The van der Waals surface area contributed by atoms with Gasteiger partial charge in [-0.2, -0.15) is 0 Å². The molecule has 4 aromatic rings. The molecule has 0 spiro atoms. The van der Waals surface area contributed by atoms with Gasteiger partial charge in [0.25, 0.3) is 0 Å². The number of benzene rings is 2. The van der Waals surface area contributed by atoms with Crippen LogP contribution in [0.1, 0.15) is 114 Å². The van der Waals surface area contributed by atoms with E-state index in [4.69, 9.17) is 9.47 Å². The standard InChI is InChI=1S/C46H62N4O4/c1-3-31-29-49-21-17-33(31)25-43(49)45(51)37-15-19-47-41-13-11-35(27-39(37)41)53-23-9-7-5-6-8-10-24-54-36-12-14-42-40(28-36)38(16-20-48-42)46(52)44-26-34-18-22-50(44)30-32(34)4-2/h11-16,19-20,27-28,31-34,43-46,51-52H,3-10,17-18,21-26,29-30H2,1-2H3/t31-,32+,33-,34+,43-,44+,45?,46?. The number of piperidine rings is 6. The quantitative estimate of drug-likeness (QED) is 0.104. The molecule has 0 aliphatic carbocycles. The van der Waals surface area contributed by atoms with Crippen molar-refractivity contribution < 1.29 is 19.7 Å². The van der Waals surface area contributed by atoms with Crippen molar-refractivity contribution in [2.24, 2.45) is 23.7 Å². The van der Waals surface area contributed by atoms with Gasteiger partial charge in [0, 0.05) is 48.3 Å². The summed E-state index contributed by atoms with van der Waals surface area (Å²) in [6.07, 6.45) is 16.5. The second kappa shape index (κ2) is 17.2. The molecule has 10 rings (SSSR count). The molecule has 8 heterocycles. The Labute approximate surface area is 322 Å². The molecular formula is C46H62N4O4. The lowest BCUT2D eigenvalue weighted by Crippen LogP contribution is -2.55. The van der Waals surface area contributed by atoms with Crippen molar-refractivity contribution in [2.75, 3.05) is 39.4 Å². The van der Waals surface area contributed by atoms with Crippen LogP contribution in [0.5, 0.6) is 11.5 Å². The van der Waals surface area contributed by atoms with Crippen LogP contribution in [0.2, 0.25) is 0 Å². The lowest BCUT2D eigenvalue weighted by Gasteiger charge is -2.51. The molecule has 6 aliphatic rings. The third kappa shape index (κ3) is 8.00. The topological polar surface area (TPSA) is 91.2 Å². The molecule has 6 saturated heterocycles. The molecule has 4 unspecified atom stereocenters. The highest BCUT2D eigenvalue weighted by Crippen LogP contribution is 2.44. The first kappa shape index (κ1) is 37.6. The fourth-order valence-electron chi connectivity index (χ4n) is 10.6. The fraction of sp³-hybridized carbons (Fsp3) is 0.609. The molecule has 6 aliphatic heterocycles. The molecule has 290 valence electrons. The minimum absolute atomic E-state index is 0.186. The Hall–Kier alpha value is -3.30. The molecule has 2 aromatic heterocycles. The Morgan fingerprint density at radius 2 is 1.07 bits per heavy atom. The molecule has 0 saturated carbocycles. The van der Waals surface area contributed by atoms with Crippen LogP contribution in [0.3, 0.4) is 0 Å². The van der Waals surface area contributed by atoms with Gasteiger partial charge in [0.15, 0.2) is 0 Å². The molecule has 10 atom stereocenters. The van der Waals surface area contributed by atoms with E-state index in [0.717, 1.165) is 133 Å². The molecule has 8 heteroatoms. The molecule has 0 amide bonds. The van der Waals surface area contributed by atoms with Gasteiger partial charge in [-0.15, -0.1) is 0 Å². The molecule has 8 nitrogen and oxygen atoms in total. The number of unbranched alkanes of at least 4 members (excludes halogenated alkanes) is 5. The van der Waals surface area contributed by atoms with Crippen molar-refractivity contribution in [3.8, 4) is 11.5 Å². The first-order valence-corrected chi connectivity index (χ1v) is 21.4. The summed E-state index contributed by atoms with van der Waals surface area (Å²) in [5.74, 6) is 4.72. The van der Waals surface area contributed by atoms with E-state index in [1.54, 1.807) is 0 Å². The summed E-state index contributed by atoms with van der Waals surface area (Å²) in [6, 6.07) is 16.6. The number of ether oxygens (including phenoxy) is 2. The number of nitrogens with zero attached hydrogens (tertiary/aromatic N) is 4. The van der Waals surface area contributed by atoms with Gasteiger partial charge < -0.3 is 19.7 Å². The first-order chi connectivity index (χ1) is 26.5. The van der Waals surface area contributed by atoms with Crippen LogP contribution in [-0.4, -0.2) is 81.5 Å². The summed E-state index contributed by atoms with van der Waals surface area (Å²) in [4.78, 5) is 14.3. The number of rotatable bonds is 17. The van der Waals surface area contributed by atoms with Crippen LogP contribution in [0.15, 0.2) is 60.9 Å². The van der Waals surface area contributed by atoms with Crippen molar-refractivity contribution in [1.82, 2.24) is 19.8 Å². The molecule has 0 radical (unpaired) electrons. The van der Waals surface area contributed by atoms with Gasteiger partial charge in [-0.3, -0.25) is 19.8 Å². The third-order valence-corrected chi connectivity index (χ3v) is 13.9. The maximum atomic E-state index is 11.6. The minimum atomic E-state index is -0.512. The lowest BCUT2D eigenvalue weighted by molar-refractivity contribution is -0.0562. The number of hydrogen-bond acceptors (Lipinski definition) is 8. The number of aromatic nitrogens is 2. The van der Waals surface area contributed by atoms with Crippen molar-refractivity contribution in [3.05, 3.63) is 72.1 Å².